The van der Waals surface area contributed by atoms with Gasteiger partial charge in [0.1, 0.15) is 11.6 Å². The highest BCUT2D eigenvalue weighted by molar-refractivity contribution is 7.99. The van der Waals surface area contributed by atoms with Gasteiger partial charge in [0, 0.05) is 19.5 Å². The number of hydrogen-bond donors (Lipinski definition) is 2. The fourth-order valence-corrected chi connectivity index (χ4v) is 4.39. The smallest absolute Gasteiger partial charge is 0.330 e. The Morgan fingerprint density at radius 2 is 1.91 bits per heavy atom. The second-order valence-electron chi connectivity index (χ2n) is 8.31. The summed E-state index contributed by atoms with van der Waals surface area (Å²) in [6.07, 6.45) is 1.49. The maximum absolute atomic E-state index is 13.3. The van der Waals surface area contributed by atoms with Crippen LogP contribution in [0.4, 0.5) is 11.5 Å². The topological polar surface area (TPSA) is 132 Å². The first-order valence-corrected chi connectivity index (χ1v) is 12.2. The van der Waals surface area contributed by atoms with Crippen molar-refractivity contribution in [3.8, 4) is 0 Å². The van der Waals surface area contributed by atoms with Crippen molar-refractivity contribution < 1.29 is 4.79 Å². The van der Waals surface area contributed by atoms with Gasteiger partial charge in [0.15, 0.2) is 10.8 Å². The van der Waals surface area contributed by atoms with Crippen LogP contribution in [0.3, 0.4) is 0 Å². The zero-order chi connectivity index (χ0) is 24.8. The minimum absolute atomic E-state index is 0.00424. The van der Waals surface area contributed by atoms with E-state index in [-0.39, 0.29) is 35.6 Å². The van der Waals surface area contributed by atoms with Crippen molar-refractivity contribution >= 4 is 29.2 Å². The predicted octanol–water partition coefficient (Wildman–Crippen LogP) is 2.34. The van der Waals surface area contributed by atoms with Crippen LogP contribution < -0.4 is 21.9 Å². The number of aromatic nitrogens is 5. The van der Waals surface area contributed by atoms with E-state index in [1.807, 2.05) is 62.7 Å². The van der Waals surface area contributed by atoms with Gasteiger partial charge in [-0.15, -0.1) is 10.2 Å². The van der Waals surface area contributed by atoms with Gasteiger partial charge in [-0.2, -0.15) is 0 Å². The molecule has 0 unspecified atom stereocenters. The summed E-state index contributed by atoms with van der Waals surface area (Å²) >= 11 is 1.25. The van der Waals surface area contributed by atoms with Gasteiger partial charge in [0.2, 0.25) is 5.91 Å². The molecule has 10 nitrogen and oxygen atoms in total. The zero-order valence-corrected chi connectivity index (χ0v) is 20.8. The molecular formula is C23H31N7O3S. The first kappa shape index (κ1) is 25.3. The Morgan fingerprint density at radius 1 is 1.21 bits per heavy atom. The van der Waals surface area contributed by atoms with Gasteiger partial charge >= 0.3 is 5.69 Å². The van der Waals surface area contributed by atoms with Crippen LogP contribution >= 0.6 is 11.8 Å². The van der Waals surface area contributed by atoms with Gasteiger partial charge in [-0.1, -0.05) is 69.3 Å². The first-order valence-electron chi connectivity index (χ1n) is 11.2. The van der Waals surface area contributed by atoms with Crippen LogP contribution in [-0.2, 0) is 18.4 Å². The number of nitrogens with zero attached hydrogens (tertiary/aromatic N) is 5. The molecule has 0 aliphatic heterocycles. The molecule has 0 fully saturated rings. The van der Waals surface area contributed by atoms with Crippen LogP contribution in [0.15, 0.2) is 45.1 Å². The number of nitrogens with two attached hydrogens (primary N) is 1. The lowest BCUT2D eigenvalue weighted by molar-refractivity contribution is -0.116. The van der Waals surface area contributed by atoms with Crippen molar-refractivity contribution in [1.29, 1.82) is 0 Å². The standard InChI is InChI=1S/C23H31N7O3S/c1-5-6-12-29(17(31)14-34-23-27-26-20(15(2)3)28(23)4)18-19(24)30(22(33)25-21(18)32)13-16-10-8-7-9-11-16/h7-11,15H,5-6,12-14,24H2,1-4H3,(H,25,32,33). The second kappa shape index (κ2) is 11.2. The lowest BCUT2D eigenvalue weighted by Gasteiger charge is -2.24. The number of nitrogen functional groups attached to an aromatic ring is 1. The number of benzene rings is 1. The van der Waals surface area contributed by atoms with Crippen LogP contribution in [0.25, 0.3) is 0 Å². The van der Waals surface area contributed by atoms with Gasteiger partial charge in [-0.25, -0.2) is 4.79 Å². The average molecular weight is 486 g/mol. The van der Waals surface area contributed by atoms with E-state index in [0.29, 0.717) is 18.1 Å². The Balaban J connectivity index is 1.92. The number of unbranched alkanes of at least 4 members (excludes halogenated alkanes) is 1. The minimum Gasteiger partial charge on any atom is -0.383 e. The number of amides is 1. The molecule has 0 aliphatic carbocycles. The second-order valence-corrected chi connectivity index (χ2v) is 9.25. The van der Waals surface area contributed by atoms with Crippen molar-refractivity contribution in [2.45, 2.75) is 51.2 Å². The minimum atomic E-state index is -0.679. The van der Waals surface area contributed by atoms with Crippen LogP contribution in [0.2, 0.25) is 0 Å². The van der Waals surface area contributed by atoms with E-state index in [1.54, 1.807) is 0 Å². The number of nitrogens with one attached hydrogen (secondary N) is 1. The summed E-state index contributed by atoms with van der Waals surface area (Å²) in [5, 5.41) is 8.98. The summed E-state index contributed by atoms with van der Waals surface area (Å²) in [4.78, 5) is 42.3. The normalized spacial score (nSPS) is 11.2. The van der Waals surface area contributed by atoms with Crippen molar-refractivity contribution in [2.24, 2.45) is 7.05 Å². The lowest BCUT2D eigenvalue weighted by Crippen LogP contribution is -2.42. The molecule has 34 heavy (non-hydrogen) atoms. The molecule has 0 saturated heterocycles. The summed E-state index contributed by atoms with van der Waals surface area (Å²) in [5.74, 6) is 0.742. The summed E-state index contributed by atoms with van der Waals surface area (Å²) in [5.41, 5.74) is 5.87. The Morgan fingerprint density at radius 3 is 2.53 bits per heavy atom. The molecule has 182 valence electrons. The third-order valence-corrected chi connectivity index (χ3v) is 6.42. The largest absolute Gasteiger partial charge is 0.383 e. The summed E-state index contributed by atoms with van der Waals surface area (Å²) in [6.45, 7) is 6.53. The molecule has 3 N–H and O–H groups in total. The number of H-pyrrole nitrogens is 1. The van der Waals surface area contributed by atoms with Crippen LogP contribution in [-0.4, -0.2) is 42.5 Å². The van der Waals surface area contributed by atoms with E-state index >= 15 is 0 Å². The third-order valence-electron chi connectivity index (χ3n) is 5.41. The summed E-state index contributed by atoms with van der Waals surface area (Å²) < 4.78 is 3.14. The van der Waals surface area contributed by atoms with Crippen LogP contribution in [0, 0.1) is 0 Å². The quantitative estimate of drug-likeness (QED) is 0.421. The predicted molar refractivity (Wildman–Crippen MR) is 134 cm³/mol. The first-order chi connectivity index (χ1) is 16.2. The van der Waals surface area contributed by atoms with E-state index in [9.17, 15) is 14.4 Å². The molecule has 3 rings (SSSR count). The molecule has 0 aliphatic rings. The fourth-order valence-electron chi connectivity index (χ4n) is 3.60. The van der Waals surface area contributed by atoms with Crippen LogP contribution in [0.5, 0.6) is 0 Å². The van der Waals surface area contributed by atoms with Crippen molar-refractivity contribution in [3.05, 3.63) is 62.6 Å². The van der Waals surface area contributed by atoms with Gasteiger partial charge < -0.3 is 15.2 Å². The Kier molecular flexibility index (Phi) is 8.32. The SMILES string of the molecule is CCCCN(C(=O)CSc1nnc(C(C)C)n1C)c1c(N)n(Cc2ccccc2)c(=O)[nH]c1=O. The van der Waals surface area contributed by atoms with Crippen molar-refractivity contribution in [3.63, 3.8) is 0 Å². The lowest BCUT2D eigenvalue weighted by atomic mass is 10.2. The molecular weight excluding hydrogens is 454 g/mol. The van der Waals surface area contributed by atoms with Crippen molar-refractivity contribution in [2.75, 3.05) is 22.9 Å². The van der Waals surface area contributed by atoms with E-state index < -0.39 is 11.2 Å². The number of thioether (sulfide) groups is 1. The molecule has 3 aromatic rings. The number of aromatic amines is 1. The Labute approximate surface area is 202 Å². The summed E-state index contributed by atoms with van der Waals surface area (Å²) in [6, 6.07) is 9.31. The molecule has 0 spiro atoms. The highest BCUT2D eigenvalue weighted by Gasteiger charge is 2.25. The number of carbonyl (C=O) groups excluding carboxylic acids is 1. The number of anilines is 2. The van der Waals surface area contributed by atoms with E-state index in [4.69, 9.17) is 5.73 Å². The molecule has 11 heteroatoms. The zero-order valence-electron chi connectivity index (χ0n) is 19.9. The Bertz CT molecular complexity index is 1250. The maximum Gasteiger partial charge on any atom is 0.330 e. The number of rotatable bonds is 10. The molecule has 2 heterocycles. The molecule has 0 atom stereocenters. The van der Waals surface area contributed by atoms with Gasteiger partial charge in [0.25, 0.3) is 5.56 Å². The molecule has 0 saturated carbocycles. The highest BCUT2D eigenvalue weighted by atomic mass is 32.2. The Hall–Kier alpha value is -3.34. The van der Waals surface area contributed by atoms with E-state index in [1.165, 1.54) is 21.2 Å². The van der Waals surface area contributed by atoms with Gasteiger partial charge in [-0.3, -0.25) is 19.1 Å². The third kappa shape index (κ3) is 5.58. The molecule has 2 aromatic heterocycles. The van der Waals surface area contributed by atoms with E-state index in [2.05, 4.69) is 15.2 Å². The monoisotopic (exact) mass is 485 g/mol. The molecule has 0 bridgehead atoms. The molecule has 0 radical (unpaired) electrons. The van der Waals surface area contributed by atoms with Crippen molar-refractivity contribution in [1.82, 2.24) is 24.3 Å². The average Bonchev–Trinajstić information content (AvgIpc) is 3.18. The molecule has 1 aromatic carbocycles. The van der Waals surface area contributed by atoms with Crippen LogP contribution in [0.1, 0.15) is 50.9 Å². The van der Waals surface area contributed by atoms with Gasteiger partial charge in [0.05, 0.1) is 12.3 Å². The highest BCUT2D eigenvalue weighted by Crippen LogP contribution is 2.23. The maximum atomic E-state index is 13.3. The molecule has 1 amide bonds. The number of hydrogen-bond acceptors (Lipinski definition) is 7. The fraction of sp³-hybridized carbons (Fsp3) is 0.435. The van der Waals surface area contributed by atoms with E-state index in [0.717, 1.165) is 17.8 Å². The summed E-state index contributed by atoms with van der Waals surface area (Å²) in [7, 11) is 1.86. The van der Waals surface area contributed by atoms with Gasteiger partial charge in [-0.05, 0) is 12.0 Å². The number of carbonyl (C=O) groups is 1.